The van der Waals surface area contributed by atoms with Gasteiger partial charge in [-0.1, -0.05) is 19.6 Å². The van der Waals surface area contributed by atoms with E-state index < -0.39 is 26.0 Å². The lowest BCUT2D eigenvalue weighted by atomic mass is 10.1. The first kappa shape index (κ1) is 17.2. The van der Waals surface area contributed by atoms with Crippen LogP contribution in [0.2, 0.25) is 25.7 Å². The van der Waals surface area contributed by atoms with E-state index in [2.05, 4.69) is 29.8 Å². The highest BCUT2D eigenvalue weighted by atomic mass is 28.3. The van der Waals surface area contributed by atoms with Crippen LogP contribution in [0.25, 0.3) is 0 Å². The predicted octanol–water partition coefficient (Wildman–Crippen LogP) is 3.13. The number of H-pyrrole nitrogens is 1. The molecule has 116 valence electrons. The van der Waals surface area contributed by atoms with Gasteiger partial charge in [-0.3, -0.25) is 5.10 Å². The van der Waals surface area contributed by atoms with Crippen molar-refractivity contribution in [3.63, 3.8) is 0 Å². The van der Waals surface area contributed by atoms with Crippen molar-refractivity contribution in [1.29, 1.82) is 0 Å². The van der Waals surface area contributed by atoms with Gasteiger partial charge in [-0.05, 0) is 13.0 Å². The van der Waals surface area contributed by atoms with Gasteiger partial charge in [-0.25, -0.2) is 0 Å². The third-order valence-electron chi connectivity index (χ3n) is 2.87. The Morgan fingerprint density at radius 2 is 1.95 bits per heavy atom. The maximum absolute atomic E-state index is 12.7. The zero-order chi connectivity index (χ0) is 15.6. The molecule has 1 heterocycles. The molecule has 1 unspecified atom stereocenters. The SMILES string of the molecule is Cc1[nH]nc(C(F)(F)F)c1C(O)COCC[Si](C)(C)C. The van der Waals surface area contributed by atoms with E-state index in [0.717, 1.165) is 6.04 Å². The van der Waals surface area contributed by atoms with Crippen LogP contribution in [-0.2, 0) is 10.9 Å². The van der Waals surface area contributed by atoms with Crippen LogP contribution in [0.15, 0.2) is 0 Å². The van der Waals surface area contributed by atoms with Gasteiger partial charge < -0.3 is 9.84 Å². The molecule has 1 rings (SSSR count). The second-order valence-corrected chi connectivity index (χ2v) is 11.6. The molecule has 20 heavy (non-hydrogen) atoms. The fourth-order valence-electron chi connectivity index (χ4n) is 1.72. The van der Waals surface area contributed by atoms with E-state index in [1.165, 1.54) is 6.92 Å². The number of rotatable bonds is 6. The highest BCUT2D eigenvalue weighted by Gasteiger charge is 2.39. The van der Waals surface area contributed by atoms with Crippen molar-refractivity contribution in [3.05, 3.63) is 17.0 Å². The Hall–Kier alpha value is -0.863. The molecule has 0 radical (unpaired) electrons. The zero-order valence-electron chi connectivity index (χ0n) is 12.1. The number of aryl methyl sites for hydroxylation is 1. The molecule has 0 saturated carbocycles. The van der Waals surface area contributed by atoms with Crippen molar-refractivity contribution in [3.8, 4) is 0 Å². The molecule has 2 N–H and O–H groups in total. The topological polar surface area (TPSA) is 58.1 Å². The number of hydrogen-bond acceptors (Lipinski definition) is 3. The Balaban J connectivity index is 2.64. The molecule has 1 aromatic rings. The summed E-state index contributed by atoms with van der Waals surface area (Å²) in [5, 5.41) is 15.4. The first-order valence-corrected chi connectivity index (χ1v) is 10.1. The molecule has 1 aromatic heterocycles. The van der Waals surface area contributed by atoms with Crippen LogP contribution < -0.4 is 0 Å². The monoisotopic (exact) mass is 310 g/mol. The second kappa shape index (κ2) is 6.27. The number of aromatic nitrogens is 2. The van der Waals surface area contributed by atoms with Crippen LogP contribution in [0, 0.1) is 6.92 Å². The van der Waals surface area contributed by atoms with Gasteiger partial charge in [0.05, 0.1) is 6.61 Å². The molecule has 0 fully saturated rings. The quantitative estimate of drug-likeness (QED) is 0.627. The third kappa shape index (κ3) is 4.91. The highest BCUT2D eigenvalue weighted by Crippen LogP contribution is 2.34. The summed E-state index contributed by atoms with van der Waals surface area (Å²) in [5.41, 5.74) is -1.10. The Labute approximate surface area is 117 Å². The van der Waals surface area contributed by atoms with Crippen LogP contribution >= 0.6 is 0 Å². The molecular weight excluding hydrogens is 289 g/mol. The van der Waals surface area contributed by atoms with Crippen molar-refractivity contribution < 1.29 is 23.0 Å². The minimum absolute atomic E-state index is 0.159. The summed E-state index contributed by atoms with van der Waals surface area (Å²) in [6.07, 6.45) is -5.91. The lowest BCUT2D eigenvalue weighted by Crippen LogP contribution is -2.22. The molecule has 0 saturated heterocycles. The Bertz CT molecular complexity index is 441. The van der Waals surface area contributed by atoms with Gasteiger partial charge in [0.1, 0.15) is 6.10 Å². The van der Waals surface area contributed by atoms with Crippen molar-refractivity contribution in [2.75, 3.05) is 13.2 Å². The number of alkyl halides is 3. The van der Waals surface area contributed by atoms with Crippen molar-refractivity contribution in [2.24, 2.45) is 0 Å². The summed E-state index contributed by atoms with van der Waals surface area (Å²) < 4.78 is 43.5. The first-order valence-electron chi connectivity index (χ1n) is 6.40. The first-order chi connectivity index (χ1) is 9.02. The molecule has 0 aliphatic carbocycles. The fourth-order valence-corrected chi connectivity index (χ4v) is 2.47. The van der Waals surface area contributed by atoms with Gasteiger partial charge >= 0.3 is 6.18 Å². The number of nitrogens with one attached hydrogen (secondary N) is 1. The standard InChI is InChI=1S/C12H21F3N2O2Si/c1-8-10(11(17-16-8)12(13,14)15)9(18)7-19-5-6-20(2,3)4/h9,18H,5-7H2,1-4H3,(H,16,17). The third-order valence-corrected chi connectivity index (χ3v) is 4.57. The van der Waals surface area contributed by atoms with Crippen LogP contribution in [-0.4, -0.2) is 36.6 Å². The van der Waals surface area contributed by atoms with E-state index in [4.69, 9.17) is 4.74 Å². The molecule has 0 bridgehead atoms. The molecule has 0 aliphatic rings. The van der Waals surface area contributed by atoms with Gasteiger partial charge in [-0.15, -0.1) is 0 Å². The minimum Gasteiger partial charge on any atom is -0.386 e. The van der Waals surface area contributed by atoms with Gasteiger partial charge in [0.25, 0.3) is 0 Å². The van der Waals surface area contributed by atoms with Crippen molar-refractivity contribution in [1.82, 2.24) is 10.2 Å². The molecule has 0 aliphatic heterocycles. The van der Waals surface area contributed by atoms with E-state index in [-0.39, 0.29) is 17.9 Å². The maximum atomic E-state index is 12.7. The average Bonchev–Trinajstić information content (AvgIpc) is 2.64. The molecule has 0 amide bonds. The average molecular weight is 310 g/mol. The minimum atomic E-state index is -4.58. The molecule has 1 atom stereocenters. The van der Waals surface area contributed by atoms with E-state index in [1.54, 1.807) is 0 Å². The van der Waals surface area contributed by atoms with E-state index >= 15 is 0 Å². The molecule has 0 spiro atoms. The Morgan fingerprint density at radius 1 is 1.35 bits per heavy atom. The molecule has 0 aromatic carbocycles. The predicted molar refractivity (Wildman–Crippen MR) is 72.3 cm³/mol. The van der Waals surface area contributed by atoms with Gasteiger partial charge in [0, 0.05) is 25.9 Å². The zero-order valence-corrected chi connectivity index (χ0v) is 13.1. The Morgan fingerprint density at radius 3 is 2.45 bits per heavy atom. The van der Waals surface area contributed by atoms with Crippen molar-refractivity contribution in [2.45, 2.75) is 44.9 Å². The highest BCUT2D eigenvalue weighted by molar-refractivity contribution is 6.76. The van der Waals surface area contributed by atoms with E-state index in [9.17, 15) is 18.3 Å². The molecular formula is C12H21F3N2O2Si. The smallest absolute Gasteiger partial charge is 0.386 e. The number of aliphatic hydroxyl groups excluding tert-OH is 1. The lowest BCUT2D eigenvalue weighted by molar-refractivity contribution is -0.143. The van der Waals surface area contributed by atoms with Crippen LogP contribution in [0.3, 0.4) is 0 Å². The largest absolute Gasteiger partial charge is 0.435 e. The van der Waals surface area contributed by atoms with Crippen LogP contribution in [0.4, 0.5) is 13.2 Å². The number of aliphatic hydroxyl groups is 1. The Kier molecular flexibility index (Phi) is 5.39. The molecule has 8 heteroatoms. The number of aromatic amines is 1. The summed E-state index contributed by atoms with van der Waals surface area (Å²) in [4.78, 5) is 0. The van der Waals surface area contributed by atoms with Crippen molar-refractivity contribution >= 4 is 8.07 Å². The summed E-state index contributed by atoms with van der Waals surface area (Å²) in [6, 6.07) is 0.899. The number of ether oxygens (including phenoxy) is 1. The fraction of sp³-hybridized carbons (Fsp3) is 0.750. The van der Waals surface area contributed by atoms with Gasteiger partial charge in [-0.2, -0.15) is 18.3 Å². The number of hydrogen-bond donors (Lipinski definition) is 2. The van der Waals surface area contributed by atoms with Gasteiger partial charge in [0.15, 0.2) is 5.69 Å². The lowest BCUT2D eigenvalue weighted by Gasteiger charge is -2.17. The number of halogens is 3. The molecule has 4 nitrogen and oxygen atoms in total. The van der Waals surface area contributed by atoms with Crippen LogP contribution in [0.5, 0.6) is 0 Å². The van der Waals surface area contributed by atoms with E-state index in [1.807, 2.05) is 0 Å². The van der Waals surface area contributed by atoms with Gasteiger partial charge in [0.2, 0.25) is 0 Å². The second-order valence-electron chi connectivity index (χ2n) is 6.01. The van der Waals surface area contributed by atoms with Crippen LogP contribution in [0.1, 0.15) is 23.1 Å². The summed E-state index contributed by atoms with van der Waals surface area (Å²) in [5.74, 6) is 0. The normalized spacial score (nSPS) is 14.6. The van der Waals surface area contributed by atoms with E-state index in [0.29, 0.717) is 6.61 Å². The summed E-state index contributed by atoms with van der Waals surface area (Å²) in [7, 11) is -1.25. The summed E-state index contributed by atoms with van der Waals surface area (Å²) in [6.45, 7) is 8.26. The maximum Gasteiger partial charge on any atom is 0.435 e. The summed E-state index contributed by atoms with van der Waals surface area (Å²) >= 11 is 0. The number of nitrogens with zero attached hydrogens (tertiary/aromatic N) is 1.